The number of thiazole rings is 1. The third kappa shape index (κ3) is 4.18. The van der Waals surface area contributed by atoms with Crippen LogP contribution in [0.4, 0.5) is 4.79 Å². The number of rotatable bonds is 5. The Hall–Kier alpha value is -1.14. The van der Waals surface area contributed by atoms with Crippen LogP contribution in [0.3, 0.4) is 0 Å². The predicted octanol–water partition coefficient (Wildman–Crippen LogP) is 2.42. The molecular formula is C14H23N3O2S. The highest BCUT2D eigenvalue weighted by molar-refractivity contribution is 7.09. The number of carbonyl (C=O) groups is 1. The van der Waals surface area contributed by atoms with Crippen molar-refractivity contribution in [2.24, 2.45) is 0 Å². The first-order chi connectivity index (χ1) is 9.72. The van der Waals surface area contributed by atoms with E-state index >= 15 is 0 Å². The third-order valence-electron chi connectivity index (χ3n) is 3.52. The van der Waals surface area contributed by atoms with E-state index in [4.69, 9.17) is 4.74 Å². The summed E-state index contributed by atoms with van der Waals surface area (Å²) in [5.41, 5.74) is 1.17. The van der Waals surface area contributed by atoms with E-state index in [1.54, 1.807) is 16.2 Å². The lowest BCUT2D eigenvalue weighted by molar-refractivity contribution is 0.0950. The smallest absolute Gasteiger partial charge is 0.409 e. The van der Waals surface area contributed by atoms with Crippen LogP contribution >= 0.6 is 11.3 Å². The minimum atomic E-state index is -0.182. The minimum absolute atomic E-state index is 0.182. The molecule has 1 fully saturated rings. The van der Waals surface area contributed by atoms with Gasteiger partial charge in [0.2, 0.25) is 0 Å². The van der Waals surface area contributed by atoms with Crippen LogP contribution in [0, 0.1) is 0 Å². The summed E-state index contributed by atoms with van der Waals surface area (Å²) in [4.78, 5) is 17.9. The third-order valence-corrected chi connectivity index (χ3v) is 4.42. The molecule has 0 spiro atoms. The van der Waals surface area contributed by atoms with Gasteiger partial charge in [0.25, 0.3) is 0 Å². The molecule has 1 aliphatic heterocycles. The van der Waals surface area contributed by atoms with Gasteiger partial charge in [-0.3, -0.25) is 0 Å². The number of hydrogen-bond donors (Lipinski definition) is 1. The molecule has 0 atom stereocenters. The Kier molecular flexibility index (Phi) is 5.79. The van der Waals surface area contributed by atoms with Crippen LogP contribution in [-0.2, 0) is 17.7 Å². The molecule has 1 N–H and O–H groups in total. The molecule has 5 nitrogen and oxygen atoms in total. The highest BCUT2D eigenvalue weighted by atomic mass is 32.1. The molecule has 20 heavy (non-hydrogen) atoms. The number of aromatic nitrogens is 1. The molecule has 6 heteroatoms. The number of hydrogen-bond acceptors (Lipinski definition) is 5. The second-order valence-corrected chi connectivity index (χ2v) is 5.87. The van der Waals surface area contributed by atoms with Gasteiger partial charge in [0.05, 0.1) is 12.3 Å². The maximum atomic E-state index is 11.6. The Labute approximate surface area is 124 Å². The number of ether oxygens (including phenoxy) is 1. The Bertz CT molecular complexity index is 428. The lowest BCUT2D eigenvalue weighted by atomic mass is 10.1. The number of amides is 1. The highest BCUT2D eigenvalue weighted by Crippen LogP contribution is 2.14. The molecule has 1 saturated heterocycles. The zero-order valence-electron chi connectivity index (χ0n) is 12.2. The summed E-state index contributed by atoms with van der Waals surface area (Å²) in [6.07, 6.45) is 2.77. The number of piperidine rings is 1. The molecule has 1 aromatic rings. The van der Waals surface area contributed by atoms with Crippen LogP contribution in [0.1, 0.15) is 37.4 Å². The second-order valence-electron chi connectivity index (χ2n) is 4.93. The highest BCUT2D eigenvalue weighted by Gasteiger charge is 2.23. The van der Waals surface area contributed by atoms with E-state index in [0.29, 0.717) is 12.6 Å². The molecule has 0 bridgehead atoms. The van der Waals surface area contributed by atoms with E-state index in [1.807, 2.05) is 6.92 Å². The fourth-order valence-electron chi connectivity index (χ4n) is 2.31. The van der Waals surface area contributed by atoms with Crippen molar-refractivity contribution in [1.82, 2.24) is 15.2 Å². The molecular weight excluding hydrogens is 274 g/mol. The fraction of sp³-hybridized carbons (Fsp3) is 0.714. The Morgan fingerprint density at radius 1 is 1.50 bits per heavy atom. The predicted molar refractivity (Wildman–Crippen MR) is 79.9 cm³/mol. The summed E-state index contributed by atoms with van der Waals surface area (Å²) >= 11 is 1.72. The van der Waals surface area contributed by atoms with Gasteiger partial charge < -0.3 is 15.0 Å². The summed E-state index contributed by atoms with van der Waals surface area (Å²) < 4.78 is 5.02. The van der Waals surface area contributed by atoms with Crippen molar-refractivity contribution in [3.8, 4) is 0 Å². The van der Waals surface area contributed by atoms with Gasteiger partial charge in [0, 0.05) is 31.1 Å². The Balaban J connectivity index is 1.70. The zero-order chi connectivity index (χ0) is 14.4. The van der Waals surface area contributed by atoms with E-state index in [2.05, 4.69) is 22.6 Å². The van der Waals surface area contributed by atoms with E-state index in [0.717, 1.165) is 43.9 Å². The molecule has 112 valence electrons. The molecule has 0 aliphatic carbocycles. The number of nitrogens with zero attached hydrogens (tertiary/aromatic N) is 2. The van der Waals surface area contributed by atoms with E-state index in [9.17, 15) is 4.79 Å². The summed E-state index contributed by atoms with van der Waals surface area (Å²) in [6, 6.07) is 0.467. The van der Waals surface area contributed by atoms with E-state index < -0.39 is 0 Å². The van der Waals surface area contributed by atoms with Gasteiger partial charge in [-0.15, -0.1) is 11.3 Å². The van der Waals surface area contributed by atoms with Gasteiger partial charge in [0.1, 0.15) is 5.01 Å². The largest absolute Gasteiger partial charge is 0.450 e. The Morgan fingerprint density at radius 3 is 2.85 bits per heavy atom. The van der Waals surface area contributed by atoms with Gasteiger partial charge in [-0.25, -0.2) is 9.78 Å². The quantitative estimate of drug-likeness (QED) is 0.907. The first kappa shape index (κ1) is 15.3. The van der Waals surface area contributed by atoms with Gasteiger partial charge in [-0.1, -0.05) is 6.92 Å². The van der Waals surface area contributed by atoms with Crippen molar-refractivity contribution >= 4 is 17.4 Å². The summed E-state index contributed by atoms with van der Waals surface area (Å²) in [7, 11) is 0. The average Bonchev–Trinajstić information content (AvgIpc) is 2.94. The first-order valence-electron chi connectivity index (χ1n) is 7.31. The van der Waals surface area contributed by atoms with Crippen molar-refractivity contribution < 1.29 is 9.53 Å². The van der Waals surface area contributed by atoms with Crippen LogP contribution in [0.2, 0.25) is 0 Å². The van der Waals surface area contributed by atoms with Crippen LogP contribution in [0.25, 0.3) is 0 Å². The summed E-state index contributed by atoms with van der Waals surface area (Å²) in [6.45, 7) is 6.78. The van der Waals surface area contributed by atoms with Crippen molar-refractivity contribution in [1.29, 1.82) is 0 Å². The maximum Gasteiger partial charge on any atom is 0.409 e. The second kappa shape index (κ2) is 7.59. The zero-order valence-corrected chi connectivity index (χ0v) is 13.0. The van der Waals surface area contributed by atoms with Gasteiger partial charge >= 0.3 is 6.09 Å². The van der Waals surface area contributed by atoms with Gasteiger partial charge in [-0.05, 0) is 26.2 Å². The number of nitrogens with one attached hydrogen (secondary N) is 1. The monoisotopic (exact) mass is 297 g/mol. The van der Waals surface area contributed by atoms with E-state index in [-0.39, 0.29) is 6.09 Å². The van der Waals surface area contributed by atoms with Crippen molar-refractivity contribution in [3.05, 3.63) is 16.1 Å². The molecule has 1 aromatic heterocycles. The molecule has 0 aromatic carbocycles. The van der Waals surface area contributed by atoms with Gasteiger partial charge in [-0.2, -0.15) is 0 Å². The van der Waals surface area contributed by atoms with E-state index in [1.165, 1.54) is 5.69 Å². The Morgan fingerprint density at radius 2 is 2.25 bits per heavy atom. The van der Waals surface area contributed by atoms with Crippen molar-refractivity contribution in [3.63, 3.8) is 0 Å². The van der Waals surface area contributed by atoms with Crippen LogP contribution in [-0.4, -0.2) is 41.7 Å². The number of likely N-dealkylation sites (tertiary alicyclic amines) is 1. The van der Waals surface area contributed by atoms with Crippen molar-refractivity contribution in [2.75, 3.05) is 19.7 Å². The standard InChI is InChI=1S/C14H23N3O2S/c1-3-11-10-20-13(16-11)9-15-12-5-7-17(8-6-12)14(18)19-4-2/h10,12,15H,3-9H2,1-2H3. The molecule has 0 saturated carbocycles. The summed E-state index contributed by atoms with van der Waals surface area (Å²) in [5, 5.41) is 6.81. The molecule has 2 heterocycles. The van der Waals surface area contributed by atoms with Crippen LogP contribution in [0.15, 0.2) is 5.38 Å². The molecule has 0 unspecified atom stereocenters. The SMILES string of the molecule is CCOC(=O)N1CCC(NCc2nc(CC)cs2)CC1. The van der Waals surface area contributed by atoms with Gasteiger partial charge in [0.15, 0.2) is 0 Å². The number of aryl methyl sites for hydroxylation is 1. The summed E-state index contributed by atoms with van der Waals surface area (Å²) in [5.74, 6) is 0. The van der Waals surface area contributed by atoms with Crippen molar-refractivity contribution in [2.45, 2.75) is 45.7 Å². The van der Waals surface area contributed by atoms with Crippen LogP contribution < -0.4 is 5.32 Å². The normalized spacial score (nSPS) is 16.4. The fourth-order valence-corrected chi connectivity index (χ4v) is 3.13. The first-order valence-corrected chi connectivity index (χ1v) is 8.19. The molecule has 0 radical (unpaired) electrons. The molecule has 1 amide bonds. The topological polar surface area (TPSA) is 54.5 Å². The molecule has 1 aliphatic rings. The minimum Gasteiger partial charge on any atom is -0.450 e. The average molecular weight is 297 g/mol. The maximum absolute atomic E-state index is 11.6. The lowest BCUT2D eigenvalue weighted by Gasteiger charge is -2.31. The molecule has 2 rings (SSSR count). The lowest BCUT2D eigenvalue weighted by Crippen LogP contribution is -2.44. The van der Waals surface area contributed by atoms with Crippen LogP contribution in [0.5, 0.6) is 0 Å². The number of carbonyl (C=O) groups excluding carboxylic acids is 1.